The molecule has 0 amide bonds. The predicted octanol–water partition coefficient (Wildman–Crippen LogP) is 2.52. The van der Waals surface area contributed by atoms with E-state index in [-0.39, 0.29) is 5.78 Å². The van der Waals surface area contributed by atoms with E-state index in [1.807, 2.05) is 25.3 Å². The van der Waals surface area contributed by atoms with Crippen LogP contribution in [-0.4, -0.2) is 53.2 Å². The van der Waals surface area contributed by atoms with Crippen molar-refractivity contribution in [3.63, 3.8) is 0 Å². The SMILES string of the molecule is COc1c(OC)c(S(C)=S)c2c(c1N(C)C)CCSC2(OC)C(C)=O. The molecule has 1 heterocycles. The second-order valence-corrected chi connectivity index (χ2v) is 10.0. The van der Waals surface area contributed by atoms with E-state index in [0.29, 0.717) is 11.5 Å². The van der Waals surface area contributed by atoms with Crippen LogP contribution >= 0.6 is 11.8 Å². The lowest BCUT2D eigenvalue weighted by atomic mass is 9.93. The van der Waals surface area contributed by atoms with Crippen molar-refractivity contribution < 1.29 is 19.0 Å². The summed E-state index contributed by atoms with van der Waals surface area (Å²) in [7, 11) is 8.17. The van der Waals surface area contributed by atoms with Crippen LogP contribution in [0.5, 0.6) is 11.5 Å². The van der Waals surface area contributed by atoms with Gasteiger partial charge in [0.2, 0.25) is 0 Å². The van der Waals surface area contributed by atoms with Crippen molar-refractivity contribution in [2.45, 2.75) is 23.2 Å². The highest BCUT2D eigenvalue weighted by Gasteiger charge is 2.47. The second-order valence-electron chi connectivity index (χ2n) is 5.92. The van der Waals surface area contributed by atoms with Crippen molar-refractivity contribution in [3.8, 4) is 11.5 Å². The summed E-state index contributed by atoms with van der Waals surface area (Å²) in [6.45, 7) is 1.57. The number of benzene rings is 1. The van der Waals surface area contributed by atoms with Gasteiger partial charge in [0.05, 0.1) is 24.8 Å². The number of rotatable bonds is 6. The Hall–Kier alpha value is -0.830. The van der Waals surface area contributed by atoms with Gasteiger partial charge in [0.1, 0.15) is 0 Å². The van der Waals surface area contributed by atoms with Crippen molar-refractivity contribution in [1.29, 1.82) is 0 Å². The van der Waals surface area contributed by atoms with Crippen LogP contribution in [0.4, 0.5) is 5.69 Å². The average Bonchev–Trinajstić information content (AvgIpc) is 2.57. The van der Waals surface area contributed by atoms with E-state index in [0.717, 1.165) is 33.9 Å². The summed E-state index contributed by atoms with van der Waals surface area (Å²) in [4.78, 5) is 14.4. The standard InChI is InChI=1S/C17H25NO4S3/c1-10(19)17(22-6)12-11(8-9-24-17)13(18(2)3)14(20-4)15(21-5)16(12)25(7)23/h8-9H2,1-7H3. The molecule has 1 aromatic carbocycles. The molecule has 0 spiro atoms. The first-order valence-corrected chi connectivity index (χ1v) is 11.3. The zero-order valence-electron chi connectivity index (χ0n) is 15.7. The molecule has 25 heavy (non-hydrogen) atoms. The average molecular weight is 404 g/mol. The monoisotopic (exact) mass is 403 g/mol. The molecule has 8 heteroatoms. The Morgan fingerprint density at radius 2 is 1.84 bits per heavy atom. The highest BCUT2D eigenvalue weighted by atomic mass is 32.8. The molecule has 1 aromatic rings. The van der Waals surface area contributed by atoms with Gasteiger partial charge in [-0.05, 0) is 36.4 Å². The van der Waals surface area contributed by atoms with Crippen LogP contribution in [0.2, 0.25) is 0 Å². The molecule has 1 aliphatic heterocycles. The van der Waals surface area contributed by atoms with Crippen molar-refractivity contribution >= 4 is 43.9 Å². The van der Waals surface area contributed by atoms with Crippen molar-refractivity contribution in [2.24, 2.45) is 0 Å². The molecule has 0 radical (unpaired) electrons. The van der Waals surface area contributed by atoms with Crippen LogP contribution in [-0.2, 0) is 41.5 Å². The van der Waals surface area contributed by atoms with Gasteiger partial charge in [0.15, 0.2) is 22.2 Å². The molecule has 0 fully saturated rings. The van der Waals surface area contributed by atoms with Crippen molar-refractivity contribution in [1.82, 2.24) is 0 Å². The maximum Gasteiger partial charge on any atom is 0.198 e. The number of hydrogen-bond donors (Lipinski definition) is 0. The Kier molecular flexibility index (Phi) is 6.40. The van der Waals surface area contributed by atoms with E-state index < -0.39 is 14.4 Å². The van der Waals surface area contributed by atoms with Gasteiger partial charge in [-0.3, -0.25) is 4.79 Å². The lowest BCUT2D eigenvalue weighted by Gasteiger charge is -2.39. The van der Waals surface area contributed by atoms with E-state index in [2.05, 4.69) is 0 Å². The van der Waals surface area contributed by atoms with Crippen molar-refractivity contribution in [3.05, 3.63) is 11.1 Å². The van der Waals surface area contributed by atoms with E-state index >= 15 is 0 Å². The van der Waals surface area contributed by atoms with Crippen LogP contribution in [0.1, 0.15) is 18.1 Å². The number of carbonyl (C=O) groups excluding carboxylic acids is 1. The number of thioether (sulfide) groups is 1. The number of hydrogen-bond acceptors (Lipinski definition) is 7. The summed E-state index contributed by atoms with van der Waals surface area (Å²) in [6.07, 6.45) is 2.76. The van der Waals surface area contributed by atoms with Crippen LogP contribution in [0.25, 0.3) is 0 Å². The Morgan fingerprint density at radius 1 is 1.24 bits per heavy atom. The van der Waals surface area contributed by atoms with Crippen LogP contribution < -0.4 is 14.4 Å². The summed E-state index contributed by atoms with van der Waals surface area (Å²) in [6, 6.07) is 0. The number of Topliss-reactive ketones (excluding diaryl/α,β-unsaturated/α-hetero) is 1. The highest BCUT2D eigenvalue weighted by molar-refractivity contribution is 8.28. The minimum atomic E-state index is -1.06. The molecule has 2 rings (SSSR count). The minimum Gasteiger partial charge on any atom is -0.492 e. The maximum atomic E-state index is 12.7. The third-order valence-corrected chi connectivity index (χ3v) is 7.26. The van der Waals surface area contributed by atoms with E-state index in [1.54, 1.807) is 28.3 Å². The van der Waals surface area contributed by atoms with Crippen molar-refractivity contribution in [2.75, 3.05) is 52.3 Å². The van der Waals surface area contributed by atoms with Gasteiger partial charge in [0, 0.05) is 32.5 Å². The summed E-state index contributed by atoms with van der Waals surface area (Å²) in [5, 5.41) is 0. The first-order chi connectivity index (χ1) is 11.8. The summed E-state index contributed by atoms with van der Waals surface area (Å²) in [5.74, 6) is 1.99. The molecule has 0 saturated carbocycles. The molecule has 2 atom stereocenters. The van der Waals surface area contributed by atoms with Gasteiger partial charge in [-0.15, -0.1) is 11.8 Å². The van der Waals surface area contributed by atoms with Gasteiger partial charge in [0.25, 0.3) is 0 Å². The Bertz CT molecular complexity index is 721. The molecule has 2 unspecified atom stereocenters. The lowest BCUT2D eigenvalue weighted by Crippen LogP contribution is -2.39. The first-order valence-electron chi connectivity index (χ1n) is 7.78. The van der Waals surface area contributed by atoms with E-state index in [1.165, 1.54) is 11.8 Å². The number of carbonyl (C=O) groups is 1. The summed E-state index contributed by atoms with van der Waals surface area (Å²) in [5.41, 5.74) is 2.82. The fourth-order valence-corrected chi connectivity index (χ4v) is 6.20. The maximum absolute atomic E-state index is 12.7. The Labute approximate surface area is 161 Å². The zero-order chi connectivity index (χ0) is 18.9. The molecule has 0 N–H and O–H groups in total. The molecule has 1 aliphatic rings. The molecule has 0 bridgehead atoms. The van der Waals surface area contributed by atoms with Gasteiger partial charge in [-0.2, -0.15) is 0 Å². The molecular formula is C17H25NO4S3. The number of anilines is 1. The Balaban J connectivity index is 3.09. The van der Waals surface area contributed by atoms with Crippen LogP contribution in [0, 0.1) is 0 Å². The molecule has 0 aromatic heterocycles. The largest absolute Gasteiger partial charge is 0.492 e. The third kappa shape index (κ3) is 3.18. The minimum absolute atomic E-state index is 0.0421. The smallest absolute Gasteiger partial charge is 0.198 e. The number of nitrogens with zero attached hydrogens (tertiary/aromatic N) is 1. The molecule has 0 aliphatic carbocycles. The number of fused-ring (bicyclic) bond motifs is 1. The number of ether oxygens (including phenoxy) is 3. The summed E-state index contributed by atoms with van der Waals surface area (Å²) >= 11 is 7.16. The topological polar surface area (TPSA) is 48.0 Å². The van der Waals surface area contributed by atoms with Crippen LogP contribution in [0.3, 0.4) is 0 Å². The highest BCUT2D eigenvalue weighted by Crippen LogP contribution is 2.55. The van der Waals surface area contributed by atoms with Gasteiger partial charge < -0.3 is 19.1 Å². The lowest BCUT2D eigenvalue weighted by molar-refractivity contribution is -0.130. The second kappa shape index (κ2) is 7.82. The van der Waals surface area contributed by atoms with Gasteiger partial charge in [-0.1, -0.05) is 9.45 Å². The fourth-order valence-electron chi connectivity index (χ4n) is 3.38. The number of methoxy groups -OCH3 is 3. The fraction of sp³-hybridized carbons (Fsp3) is 0.588. The molecular weight excluding hydrogens is 378 g/mol. The molecule has 140 valence electrons. The Morgan fingerprint density at radius 3 is 2.24 bits per heavy atom. The van der Waals surface area contributed by atoms with Gasteiger partial charge >= 0.3 is 0 Å². The zero-order valence-corrected chi connectivity index (χ0v) is 18.2. The number of ketones is 1. The van der Waals surface area contributed by atoms with E-state index in [9.17, 15) is 4.79 Å². The predicted molar refractivity (Wildman–Crippen MR) is 108 cm³/mol. The molecule has 5 nitrogen and oxygen atoms in total. The van der Waals surface area contributed by atoms with Crippen LogP contribution in [0.15, 0.2) is 4.90 Å². The molecule has 0 saturated heterocycles. The third-order valence-electron chi connectivity index (χ3n) is 4.32. The quantitative estimate of drug-likeness (QED) is 0.723. The van der Waals surface area contributed by atoms with Gasteiger partial charge in [-0.25, -0.2) is 0 Å². The normalized spacial score (nSPS) is 20.6. The first kappa shape index (κ1) is 20.5. The van der Waals surface area contributed by atoms with E-state index in [4.69, 9.17) is 25.4 Å². The summed E-state index contributed by atoms with van der Waals surface area (Å²) < 4.78 is 17.2.